The maximum atomic E-state index is 11.2. The molecule has 0 bridgehead atoms. The molecule has 0 aliphatic heterocycles. The van der Waals surface area contributed by atoms with E-state index in [0.29, 0.717) is 5.06 Å². The smallest absolute Gasteiger partial charge is 0.319 e. The highest BCUT2D eigenvalue weighted by Gasteiger charge is 2.26. The topological polar surface area (TPSA) is 115 Å². The average molecular weight is 253 g/mol. The van der Waals surface area contributed by atoms with Crippen LogP contribution in [0.4, 0.5) is 0 Å². The lowest BCUT2D eigenvalue weighted by molar-refractivity contribution is -0.167. The summed E-state index contributed by atoms with van der Waals surface area (Å²) in [6, 6.07) is 0. The molecule has 0 atom stereocenters. The third kappa shape index (κ3) is 5.97. The van der Waals surface area contributed by atoms with E-state index in [2.05, 4.69) is 0 Å². The predicted octanol–water partition coefficient (Wildman–Crippen LogP) is 0.345. The number of rotatable bonds is 6. The van der Waals surface area contributed by atoms with E-state index in [9.17, 15) is 19.4 Å². The monoisotopic (exact) mass is 253 g/mol. The van der Waals surface area contributed by atoms with E-state index in [0.717, 1.165) is 0 Å². The minimum Gasteiger partial charge on any atom is -0.319 e. The van der Waals surface area contributed by atoms with Crippen molar-refractivity contribution in [2.24, 2.45) is 5.92 Å². The van der Waals surface area contributed by atoms with Crippen molar-refractivity contribution in [2.75, 3.05) is 6.54 Å². The zero-order chi connectivity index (χ0) is 12.9. The molecule has 8 heteroatoms. The largest absolute Gasteiger partial charge is 0.391 e. The highest BCUT2D eigenvalue weighted by Crippen LogP contribution is 2.37. The molecule has 7 nitrogen and oxygen atoms in total. The Bertz CT molecular complexity index is 310. The van der Waals surface area contributed by atoms with E-state index in [-0.39, 0.29) is 12.5 Å². The standard InChI is InChI=1S/C8H16NO6P/c1-6(2)5-9(12)7(10)3-4-8(11)16(13,14)15/h6,12H,3-5H2,1-2H3,(H2,13,14,15). The molecule has 0 aliphatic carbocycles. The first-order valence-corrected chi connectivity index (χ1v) is 6.34. The maximum absolute atomic E-state index is 11.2. The van der Waals surface area contributed by atoms with Gasteiger partial charge in [-0.15, -0.1) is 0 Å². The van der Waals surface area contributed by atoms with Crippen molar-refractivity contribution >= 4 is 19.0 Å². The van der Waals surface area contributed by atoms with E-state index in [1.807, 2.05) is 0 Å². The highest BCUT2D eigenvalue weighted by atomic mass is 31.2. The molecule has 0 saturated carbocycles. The normalized spacial score (nSPS) is 11.6. The Hall–Kier alpha value is -0.750. The van der Waals surface area contributed by atoms with Crippen molar-refractivity contribution in [3.63, 3.8) is 0 Å². The number of nitrogens with zero attached hydrogens (tertiary/aromatic N) is 1. The summed E-state index contributed by atoms with van der Waals surface area (Å²) < 4.78 is 10.4. The van der Waals surface area contributed by atoms with Crippen molar-refractivity contribution in [1.29, 1.82) is 0 Å². The zero-order valence-corrected chi connectivity index (χ0v) is 10.1. The quantitative estimate of drug-likeness (QED) is 0.357. The molecule has 94 valence electrons. The van der Waals surface area contributed by atoms with E-state index < -0.39 is 31.9 Å². The number of carbonyl (C=O) groups is 2. The maximum Gasteiger partial charge on any atom is 0.391 e. The van der Waals surface area contributed by atoms with Crippen LogP contribution in [0.1, 0.15) is 26.7 Å². The summed E-state index contributed by atoms with van der Waals surface area (Å²) in [5.74, 6) is -0.665. The van der Waals surface area contributed by atoms with Gasteiger partial charge in [-0.05, 0) is 5.92 Å². The zero-order valence-electron chi connectivity index (χ0n) is 9.16. The lowest BCUT2D eigenvalue weighted by Crippen LogP contribution is -2.31. The third-order valence-corrected chi connectivity index (χ3v) is 2.58. The van der Waals surface area contributed by atoms with E-state index in [1.165, 1.54) is 0 Å². The molecule has 0 aliphatic rings. The fourth-order valence-corrected chi connectivity index (χ4v) is 1.34. The molecular formula is C8H16NO6P. The molecule has 1 amide bonds. The van der Waals surface area contributed by atoms with Gasteiger partial charge in [-0.1, -0.05) is 13.8 Å². The van der Waals surface area contributed by atoms with Crippen molar-refractivity contribution in [1.82, 2.24) is 5.06 Å². The van der Waals surface area contributed by atoms with E-state index in [1.54, 1.807) is 13.8 Å². The van der Waals surface area contributed by atoms with Crippen LogP contribution in [-0.2, 0) is 14.2 Å². The molecule has 0 saturated heterocycles. The van der Waals surface area contributed by atoms with Gasteiger partial charge in [-0.3, -0.25) is 19.4 Å². The van der Waals surface area contributed by atoms with Crippen LogP contribution in [0.5, 0.6) is 0 Å². The van der Waals surface area contributed by atoms with Gasteiger partial charge in [0.15, 0.2) is 0 Å². The molecule has 16 heavy (non-hydrogen) atoms. The van der Waals surface area contributed by atoms with Crippen LogP contribution in [0.2, 0.25) is 0 Å². The Morgan fingerprint density at radius 2 is 1.75 bits per heavy atom. The molecule has 0 aromatic rings. The van der Waals surface area contributed by atoms with Crippen LogP contribution < -0.4 is 0 Å². The molecule has 0 aromatic heterocycles. The summed E-state index contributed by atoms with van der Waals surface area (Å²) >= 11 is 0. The van der Waals surface area contributed by atoms with Gasteiger partial charge in [-0.2, -0.15) is 0 Å². The Morgan fingerprint density at radius 3 is 2.12 bits per heavy atom. The molecular weight excluding hydrogens is 237 g/mol. The molecule has 0 rings (SSSR count). The van der Waals surface area contributed by atoms with E-state index >= 15 is 0 Å². The Morgan fingerprint density at radius 1 is 1.25 bits per heavy atom. The molecule has 0 radical (unpaired) electrons. The van der Waals surface area contributed by atoms with Crippen LogP contribution >= 0.6 is 7.60 Å². The van der Waals surface area contributed by atoms with Gasteiger partial charge >= 0.3 is 7.60 Å². The number of hydroxylamine groups is 2. The first kappa shape index (κ1) is 15.2. The van der Waals surface area contributed by atoms with Crippen LogP contribution in [0.25, 0.3) is 0 Å². The molecule has 0 unspecified atom stereocenters. The second-order valence-electron chi connectivity index (χ2n) is 3.81. The van der Waals surface area contributed by atoms with Gasteiger partial charge in [0.05, 0.1) is 6.54 Å². The van der Waals surface area contributed by atoms with Crippen molar-refractivity contribution in [2.45, 2.75) is 26.7 Å². The fraction of sp³-hybridized carbons (Fsp3) is 0.750. The Kier molecular flexibility index (Phi) is 5.81. The SMILES string of the molecule is CC(C)CN(O)C(=O)CCC(=O)P(=O)(O)O. The number of hydrogen-bond acceptors (Lipinski definition) is 4. The van der Waals surface area contributed by atoms with Crippen LogP contribution in [0, 0.1) is 5.92 Å². The second-order valence-corrected chi connectivity index (χ2v) is 5.39. The number of hydrogen-bond donors (Lipinski definition) is 3. The number of carbonyl (C=O) groups excluding carboxylic acids is 2. The van der Waals surface area contributed by atoms with E-state index in [4.69, 9.17) is 9.79 Å². The van der Waals surface area contributed by atoms with Gasteiger partial charge in [0, 0.05) is 12.8 Å². The van der Waals surface area contributed by atoms with Gasteiger partial charge < -0.3 is 9.79 Å². The minimum atomic E-state index is -4.76. The lowest BCUT2D eigenvalue weighted by atomic mass is 10.2. The molecule has 3 N–H and O–H groups in total. The summed E-state index contributed by atoms with van der Waals surface area (Å²) in [5, 5.41) is 9.64. The Labute approximate surface area is 93.2 Å². The van der Waals surface area contributed by atoms with Crippen molar-refractivity contribution in [3.8, 4) is 0 Å². The first-order valence-electron chi connectivity index (χ1n) is 4.72. The van der Waals surface area contributed by atoms with Gasteiger partial charge in [0.25, 0.3) is 0 Å². The summed E-state index contributed by atoms with van der Waals surface area (Å²) in [6.07, 6.45) is -0.981. The fourth-order valence-electron chi connectivity index (χ4n) is 0.936. The molecule has 0 spiro atoms. The summed E-state index contributed by atoms with van der Waals surface area (Å²) in [5.41, 5.74) is -1.29. The van der Waals surface area contributed by atoms with Gasteiger partial charge in [0.2, 0.25) is 11.4 Å². The minimum absolute atomic E-state index is 0.0615. The number of amides is 1. The highest BCUT2D eigenvalue weighted by molar-refractivity contribution is 7.70. The van der Waals surface area contributed by atoms with Gasteiger partial charge in [-0.25, -0.2) is 5.06 Å². The molecule has 0 aromatic carbocycles. The van der Waals surface area contributed by atoms with Gasteiger partial charge in [0.1, 0.15) is 0 Å². The van der Waals surface area contributed by atoms with Crippen molar-refractivity contribution < 1.29 is 29.1 Å². The predicted molar refractivity (Wildman–Crippen MR) is 54.6 cm³/mol. The summed E-state index contributed by atoms with van der Waals surface area (Å²) in [7, 11) is -4.76. The summed E-state index contributed by atoms with van der Waals surface area (Å²) in [6.45, 7) is 3.69. The Balaban J connectivity index is 4.08. The van der Waals surface area contributed by atoms with Crippen molar-refractivity contribution in [3.05, 3.63) is 0 Å². The van der Waals surface area contributed by atoms with Crippen LogP contribution in [-0.4, -0.2) is 38.0 Å². The second kappa shape index (κ2) is 6.10. The molecule has 0 fully saturated rings. The first-order chi connectivity index (χ1) is 7.14. The lowest BCUT2D eigenvalue weighted by Gasteiger charge is -2.16. The summed E-state index contributed by atoms with van der Waals surface area (Å²) in [4.78, 5) is 38.9. The van der Waals surface area contributed by atoms with Crippen LogP contribution in [0.3, 0.4) is 0 Å². The third-order valence-electron chi connectivity index (χ3n) is 1.70. The average Bonchev–Trinajstić information content (AvgIpc) is 2.10. The molecule has 0 heterocycles. The van der Waals surface area contributed by atoms with Crippen LogP contribution in [0.15, 0.2) is 0 Å².